The highest BCUT2D eigenvalue weighted by Crippen LogP contribution is 2.16. The molecular formula is C14H14FN. The van der Waals surface area contributed by atoms with Gasteiger partial charge in [-0.2, -0.15) is 0 Å². The molecule has 82 valence electrons. The van der Waals surface area contributed by atoms with Gasteiger partial charge in [-0.05, 0) is 36.2 Å². The van der Waals surface area contributed by atoms with Crippen molar-refractivity contribution in [3.05, 3.63) is 65.5 Å². The van der Waals surface area contributed by atoms with E-state index in [1.54, 1.807) is 6.07 Å². The molecule has 0 fully saturated rings. The minimum absolute atomic E-state index is 0.192. The Bertz CT molecular complexity index is 465. The molecule has 0 heterocycles. The van der Waals surface area contributed by atoms with E-state index < -0.39 is 0 Å². The Morgan fingerprint density at radius 3 is 2.50 bits per heavy atom. The minimum atomic E-state index is -0.192. The Morgan fingerprint density at radius 2 is 1.81 bits per heavy atom. The maximum Gasteiger partial charge on any atom is 0.123 e. The molecule has 2 heteroatoms. The van der Waals surface area contributed by atoms with Gasteiger partial charge >= 0.3 is 0 Å². The van der Waals surface area contributed by atoms with Crippen molar-refractivity contribution in [2.75, 3.05) is 5.32 Å². The maximum absolute atomic E-state index is 12.9. The summed E-state index contributed by atoms with van der Waals surface area (Å²) in [7, 11) is 0. The van der Waals surface area contributed by atoms with Crippen LogP contribution in [0.25, 0.3) is 0 Å². The third-order valence-corrected chi connectivity index (χ3v) is 2.51. The van der Waals surface area contributed by atoms with Crippen LogP contribution in [0, 0.1) is 12.7 Å². The molecule has 0 spiro atoms. The van der Waals surface area contributed by atoms with Crippen LogP contribution >= 0.6 is 0 Å². The molecule has 2 aromatic carbocycles. The van der Waals surface area contributed by atoms with Gasteiger partial charge in [-0.25, -0.2) is 4.39 Å². The molecule has 0 atom stereocenters. The molecule has 0 aliphatic heterocycles. The summed E-state index contributed by atoms with van der Waals surface area (Å²) in [6.07, 6.45) is 0. The van der Waals surface area contributed by atoms with Crippen molar-refractivity contribution in [3.63, 3.8) is 0 Å². The standard InChI is InChI=1S/C14H14FN/c1-11-9-13(15)7-8-14(11)16-10-12-5-3-2-4-6-12/h2-9,16H,10H2,1H3. The molecule has 0 amide bonds. The molecule has 16 heavy (non-hydrogen) atoms. The maximum atomic E-state index is 12.9. The zero-order valence-electron chi connectivity index (χ0n) is 9.20. The van der Waals surface area contributed by atoms with Crippen molar-refractivity contribution in [1.82, 2.24) is 0 Å². The number of nitrogens with one attached hydrogen (secondary N) is 1. The second-order valence-electron chi connectivity index (χ2n) is 3.80. The Balaban J connectivity index is 2.05. The van der Waals surface area contributed by atoms with E-state index in [1.165, 1.54) is 17.7 Å². The van der Waals surface area contributed by atoms with E-state index in [0.29, 0.717) is 0 Å². The molecule has 0 radical (unpaired) electrons. The van der Waals surface area contributed by atoms with E-state index >= 15 is 0 Å². The fourth-order valence-corrected chi connectivity index (χ4v) is 1.62. The van der Waals surface area contributed by atoms with Crippen LogP contribution in [0.4, 0.5) is 10.1 Å². The van der Waals surface area contributed by atoms with Gasteiger partial charge in [0.1, 0.15) is 5.82 Å². The summed E-state index contributed by atoms with van der Waals surface area (Å²) >= 11 is 0. The van der Waals surface area contributed by atoms with Gasteiger partial charge in [0.15, 0.2) is 0 Å². The van der Waals surface area contributed by atoms with Crippen LogP contribution in [0.1, 0.15) is 11.1 Å². The van der Waals surface area contributed by atoms with Crippen molar-refractivity contribution in [2.45, 2.75) is 13.5 Å². The molecule has 0 saturated heterocycles. The zero-order valence-corrected chi connectivity index (χ0v) is 9.20. The molecule has 0 saturated carbocycles. The quantitative estimate of drug-likeness (QED) is 0.822. The van der Waals surface area contributed by atoms with Crippen LogP contribution in [-0.4, -0.2) is 0 Å². The summed E-state index contributed by atoms with van der Waals surface area (Å²) in [6, 6.07) is 14.9. The number of hydrogen-bond donors (Lipinski definition) is 1. The average molecular weight is 215 g/mol. The zero-order chi connectivity index (χ0) is 11.4. The van der Waals surface area contributed by atoms with E-state index in [0.717, 1.165) is 17.8 Å². The Kier molecular flexibility index (Phi) is 3.20. The third kappa shape index (κ3) is 2.60. The molecule has 1 N–H and O–H groups in total. The van der Waals surface area contributed by atoms with Crippen LogP contribution < -0.4 is 5.32 Å². The average Bonchev–Trinajstić information content (AvgIpc) is 2.29. The highest BCUT2D eigenvalue weighted by atomic mass is 19.1. The number of rotatable bonds is 3. The number of aryl methyl sites for hydroxylation is 1. The monoisotopic (exact) mass is 215 g/mol. The van der Waals surface area contributed by atoms with Crippen LogP contribution in [0.5, 0.6) is 0 Å². The van der Waals surface area contributed by atoms with Crippen LogP contribution in [-0.2, 0) is 6.54 Å². The fourth-order valence-electron chi connectivity index (χ4n) is 1.62. The molecule has 0 unspecified atom stereocenters. The molecule has 2 aromatic rings. The number of anilines is 1. The number of benzene rings is 2. The molecule has 1 nitrogen and oxygen atoms in total. The first-order valence-electron chi connectivity index (χ1n) is 5.29. The SMILES string of the molecule is Cc1cc(F)ccc1NCc1ccccc1. The van der Waals surface area contributed by atoms with Crippen molar-refractivity contribution in [3.8, 4) is 0 Å². The smallest absolute Gasteiger partial charge is 0.123 e. The topological polar surface area (TPSA) is 12.0 Å². The predicted molar refractivity (Wildman–Crippen MR) is 64.9 cm³/mol. The second-order valence-corrected chi connectivity index (χ2v) is 3.80. The first kappa shape index (κ1) is 10.7. The summed E-state index contributed by atoms with van der Waals surface area (Å²) in [6.45, 7) is 2.66. The lowest BCUT2D eigenvalue weighted by molar-refractivity contribution is 0.627. The molecule has 0 bridgehead atoms. The minimum Gasteiger partial charge on any atom is -0.381 e. The highest BCUT2D eigenvalue weighted by Gasteiger charge is 1.99. The van der Waals surface area contributed by atoms with E-state index in [-0.39, 0.29) is 5.82 Å². The normalized spacial score (nSPS) is 10.1. The summed E-state index contributed by atoms with van der Waals surface area (Å²) in [5.41, 5.74) is 3.12. The molecule has 0 aromatic heterocycles. The van der Waals surface area contributed by atoms with E-state index in [9.17, 15) is 4.39 Å². The van der Waals surface area contributed by atoms with Crippen molar-refractivity contribution in [1.29, 1.82) is 0 Å². The van der Waals surface area contributed by atoms with Crippen molar-refractivity contribution in [2.24, 2.45) is 0 Å². The van der Waals surface area contributed by atoms with Crippen LogP contribution in [0.15, 0.2) is 48.5 Å². The first-order valence-corrected chi connectivity index (χ1v) is 5.29. The van der Waals surface area contributed by atoms with Crippen LogP contribution in [0.2, 0.25) is 0 Å². The lowest BCUT2D eigenvalue weighted by atomic mass is 10.1. The molecule has 0 aliphatic carbocycles. The largest absolute Gasteiger partial charge is 0.381 e. The first-order chi connectivity index (χ1) is 7.75. The van der Waals surface area contributed by atoms with Gasteiger partial charge in [0.2, 0.25) is 0 Å². The van der Waals surface area contributed by atoms with Crippen LogP contribution in [0.3, 0.4) is 0 Å². The van der Waals surface area contributed by atoms with Gasteiger partial charge in [-0.3, -0.25) is 0 Å². The van der Waals surface area contributed by atoms with Crippen molar-refractivity contribution >= 4 is 5.69 Å². The van der Waals surface area contributed by atoms with Gasteiger partial charge < -0.3 is 5.32 Å². The number of hydrogen-bond acceptors (Lipinski definition) is 1. The van der Waals surface area contributed by atoms with E-state index in [4.69, 9.17) is 0 Å². The third-order valence-electron chi connectivity index (χ3n) is 2.51. The van der Waals surface area contributed by atoms with Gasteiger partial charge in [0, 0.05) is 12.2 Å². The van der Waals surface area contributed by atoms with E-state index in [2.05, 4.69) is 17.4 Å². The summed E-state index contributed by atoms with van der Waals surface area (Å²) < 4.78 is 12.9. The summed E-state index contributed by atoms with van der Waals surface area (Å²) in [4.78, 5) is 0. The lowest BCUT2D eigenvalue weighted by Crippen LogP contribution is -2.00. The molecule has 0 aliphatic rings. The Labute approximate surface area is 94.9 Å². The Hall–Kier alpha value is -1.83. The fraction of sp³-hybridized carbons (Fsp3) is 0.143. The summed E-state index contributed by atoms with van der Waals surface area (Å²) in [5, 5.41) is 3.29. The van der Waals surface area contributed by atoms with Gasteiger partial charge in [-0.15, -0.1) is 0 Å². The van der Waals surface area contributed by atoms with E-state index in [1.807, 2.05) is 25.1 Å². The second kappa shape index (κ2) is 4.79. The van der Waals surface area contributed by atoms with Gasteiger partial charge in [0.05, 0.1) is 0 Å². The van der Waals surface area contributed by atoms with Gasteiger partial charge in [-0.1, -0.05) is 30.3 Å². The van der Waals surface area contributed by atoms with Crippen molar-refractivity contribution < 1.29 is 4.39 Å². The van der Waals surface area contributed by atoms with Gasteiger partial charge in [0.25, 0.3) is 0 Å². The molecular weight excluding hydrogens is 201 g/mol. The predicted octanol–water partition coefficient (Wildman–Crippen LogP) is 3.75. The highest BCUT2D eigenvalue weighted by molar-refractivity contribution is 5.50. The molecule has 2 rings (SSSR count). The lowest BCUT2D eigenvalue weighted by Gasteiger charge is -2.09. The Morgan fingerprint density at radius 1 is 1.06 bits per heavy atom. The summed E-state index contributed by atoms with van der Waals surface area (Å²) in [5.74, 6) is -0.192. The number of halogens is 1.